The van der Waals surface area contributed by atoms with Crippen LogP contribution >= 0.6 is 0 Å². The van der Waals surface area contributed by atoms with Crippen molar-refractivity contribution >= 4 is 17.5 Å². The van der Waals surface area contributed by atoms with Gasteiger partial charge in [-0.25, -0.2) is 0 Å². The van der Waals surface area contributed by atoms with Crippen LogP contribution in [0.3, 0.4) is 0 Å². The van der Waals surface area contributed by atoms with Gasteiger partial charge >= 0.3 is 0 Å². The van der Waals surface area contributed by atoms with Gasteiger partial charge in [0.25, 0.3) is 0 Å². The zero-order valence-corrected chi connectivity index (χ0v) is 13.7. The number of carbonyl (C=O) groups is 2. The summed E-state index contributed by atoms with van der Waals surface area (Å²) in [6.07, 6.45) is 0.959. The van der Waals surface area contributed by atoms with E-state index in [-0.39, 0.29) is 18.4 Å². The van der Waals surface area contributed by atoms with Gasteiger partial charge in [-0.15, -0.1) is 0 Å². The van der Waals surface area contributed by atoms with Crippen molar-refractivity contribution < 1.29 is 9.59 Å². The van der Waals surface area contributed by atoms with Crippen LogP contribution in [-0.2, 0) is 16.0 Å². The predicted octanol–water partition coefficient (Wildman–Crippen LogP) is 1.38. The molecule has 0 radical (unpaired) electrons. The van der Waals surface area contributed by atoms with Gasteiger partial charge in [0, 0.05) is 38.8 Å². The molecule has 2 rings (SSSR count). The minimum atomic E-state index is -0.105. The number of nitrogens with zero attached hydrogens (tertiary/aromatic N) is 3. The number of rotatable bonds is 4. The lowest BCUT2D eigenvalue weighted by Gasteiger charge is -2.33. The van der Waals surface area contributed by atoms with Crippen LogP contribution in [0.25, 0.3) is 0 Å². The molecule has 0 bridgehead atoms. The van der Waals surface area contributed by atoms with Gasteiger partial charge in [0.2, 0.25) is 11.8 Å². The second-order valence-corrected chi connectivity index (χ2v) is 5.81. The second kappa shape index (κ2) is 7.40. The zero-order chi connectivity index (χ0) is 16.1. The summed E-state index contributed by atoms with van der Waals surface area (Å²) in [5.41, 5.74) is 2.00. The Kier molecular flexibility index (Phi) is 5.55. The molecule has 5 heteroatoms. The molecule has 0 unspecified atom stereocenters. The van der Waals surface area contributed by atoms with Gasteiger partial charge < -0.3 is 14.7 Å². The molecular weight excluding hydrogens is 278 g/mol. The Hall–Kier alpha value is -1.88. The smallest absolute Gasteiger partial charge is 0.242 e. The Morgan fingerprint density at radius 3 is 2.18 bits per heavy atom. The van der Waals surface area contributed by atoms with Crippen LogP contribution in [0.5, 0.6) is 0 Å². The van der Waals surface area contributed by atoms with Gasteiger partial charge in [0.05, 0.1) is 0 Å². The summed E-state index contributed by atoms with van der Waals surface area (Å²) in [6, 6.07) is 7.84. The van der Waals surface area contributed by atoms with Gasteiger partial charge in [-0.1, -0.05) is 19.1 Å². The number of hydrogen-bond acceptors (Lipinski definition) is 3. The summed E-state index contributed by atoms with van der Waals surface area (Å²) in [6.45, 7) is 6.95. The van der Waals surface area contributed by atoms with Crippen molar-refractivity contribution in [2.24, 2.45) is 0 Å². The van der Waals surface area contributed by atoms with Crippen LogP contribution in [0.15, 0.2) is 24.3 Å². The number of aryl methyl sites for hydroxylation is 1. The number of hydrogen-bond donors (Lipinski definition) is 0. The molecule has 0 N–H and O–H groups in total. The molecule has 2 amide bonds. The summed E-state index contributed by atoms with van der Waals surface area (Å²) in [4.78, 5) is 29.9. The normalized spacial score (nSPS) is 15.7. The van der Waals surface area contributed by atoms with E-state index in [4.69, 9.17) is 0 Å². The summed E-state index contributed by atoms with van der Waals surface area (Å²) in [5, 5.41) is 0. The first-order chi connectivity index (χ1) is 10.5. The van der Waals surface area contributed by atoms with E-state index < -0.39 is 0 Å². The molecule has 0 atom stereocenters. The molecule has 5 nitrogen and oxygen atoms in total. The minimum absolute atomic E-state index is 0.0165. The van der Waals surface area contributed by atoms with Crippen LogP contribution in [0.2, 0.25) is 0 Å². The zero-order valence-electron chi connectivity index (χ0n) is 13.7. The SMILES string of the molecule is CCc1ccc(N(CC(=O)N2CCN(C)CC2)C(C)=O)cc1. The number of carbonyl (C=O) groups excluding carboxylic acids is 2. The number of amides is 2. The van der Waals surface area contributed by atoms with Gasteiger partial charge in [0.1, 0.15) is 6.54 Å². The van der Waals surface area contributed by atoms with Crippen molar-refractivity contribution in [3.8, 4) is 0 Å². The number of likely N-dealkylation sites (N-methyl/N-ethyl adjacent to an activating group) is 1. The molecular formula is C17H25N3O2. The summed E-state index contributed by atoms with van der Waals surface area (Å²) in [7, 11) is 2.05. The topological polar surface area (TPSA) is 43.9 Å². The van der Waals surface area contributed by atoms with Gasteiger partial charge in [-0.2, -0.15) is 0 Å². The van der Waals surface area contributed by atoms with Crippen molar-refractivity contribution in [3.05, 3.63) is 29.8 Å². The maximum absolute atomic E-state index is 12.4. The lowest BCUT2D eigenvalue weighted by Crippen LogP contribution is -2.50. The maximum Gasteiger partial charge on any atom is 0.242 e. The van der Waals surface area contributed by atoms with Crippen molar-refractivity contribution in [1.82, 2.24) is 9.80 Å². The van der Waals surface area contributed by atoms with Crippen LogP contribution in [0.4, 0.5) is 5.69 Å². The van der Waals surface area contributed by atoms with Crippen LogP contribution in [-0.4, -0.2) is 61.4 Å². The van der Waals surface area contributed by atoms with Crippen molar-refractivity contribution in [2.75, 3.05) is 44.7 Å². The van der Waals surface area contributed by atoms with Crippen molar-refractivity contribution in [2.45, 2.75) is 20.3 Å². The molecule has 1 aromatic carbocycles. The average Bonchev–Trinajstić information content (AvgIpc) is 2.53. The van der Waals surface area contributed by atoms with Crippen LogP contribution in [0, 0.1) is 0 Å². The quantitative estimate of drug-likeness (QED) is 0.844. The molecule has 0 saturated carbocycles. The van der Waals surface area contributed by atoms with Crippen LogP contribution < -0.4 is 4.90 Å². The number of anilines is 1. The summed E-state index contributed by atoms with van der Waals surface area (Å²) < 4.78 is 0. The lowest BCUT2D eigenvalue weighted by atomic mass is 10.1. The molecule has 0 aliphatic carbocycles. The number of benzene rings is 1. The minimum Gasteiger partial charge on any atom is -0.339 e. The first-order valence-electron chi connectivity index (χ1n) is 7.84. The number of piperazine rings is 1. The highest BCUT2D eigenvalue weighted by molar-refractivity contribution is 5.97. The monoisotopic (exact) mass is 303 g/mol. The van der Waals surface area contributed by atoms with Gasteiger partial charge in [-0.3, -0.25) is 9.59 Å². The van der Waals surface area contributed by atoms with Crippen LogP contribution in [0.1, 0.15) is 19.4 Å². The third-order valence-corrected chi connectivity index (χ3v) is 4.19. The fourth-order valence-electron chi connectivity index (χ4n) is 2.59. The highest BCUT2D eigenvalue weighted by Gasteiger charge is 2.23. The van der Waals surface area contributed by atoms with E-state index >= 15 is 0 Å². The molecule has 1 aromatic rings. The Bertz CT molecular complexity index is 519. The van der Waals surface area contributed by atoms with E-state index in [1.807, 2.05) is 29.2 Å². The Morgan fingerprint density at radius 2 is 1.68 bits per heavy atom. The molecule has 120 valence electrons. The molecule has 0 aromatic heterocycles. The van der Waals surface area contributed by atoms with E-state index in [1.54, 1.807) is 4.90 Å². The van der Waals surface area contributed by atoms with Gasteiger partial charge in [-0.05, 0) is 31.2 Å². The molecule has 0 spiro atoms. The van der Waals surface area contributed by atoms with E-state index in [2.05, 4.69) is 18.9 Å². The average molecular weight is 303 g/mol. The highest BCUT2D eigenvalue weighted by atomic mass is 16.2. The lowest BCUT2D eigenvalue weighted by molar-refractivity contribution is -0.132. The van der Waals surface area contributed by atoms with E-state index in [1.165, 1.54) is 12.5 Å². The Morgan fingerprint density at radius 1 is 1.09 bits per heavy atom. The molecule has 22 heavy (non-hydrogen) atoms. The molecule has 1 aliphatic heterocycles. The Labute approximate surface area is 132 Å². The summed E-state index contributed by atoms with van der Waals surface area (Å²) in [5.74, 6) is -0.0883. The van der Waals surface area contributed by atoms with E-state index in [0.717, 1.165) is 38.3 Å². The first kappa shape index (κ1) is 16.5. The highest BCUT2D eigenvalue weighted by Crippen LogP contribution is 2.16. The Balaban J connectivity index is 2.04. The van der Waals surface area contributed by atoms with Gasteiger partial charge in [0.15, 0.2) is 0 Å². The molecule has 1 fully saturated rings. The molecule has 1 saturated heterocycles. The van der Waals surface area contributed by atoms with Crippen molar-refractivity contribution in [1.29, 1.82) is 0 Å². The fraction of sp³-hybridized carbons (Fsp3) is 0.529. The van der Waals surface area contributed by atoms with Crippen molar-refractivity contribution in [3.63, 3.8) is 0 Å². The van der Waals surface area contributed by atoms with E-state index in [0.29, 0.717) is 0 Å². The third-order valence-electron chi connectivity index (χ3n) is 4.19. The van der Waals surface area contributed by atoms with E-state index in [9.17, 15) is 9.59 Å². The molecule has 1 heterocycles. The predicted molar refractivity (Wildman–Crippen MR) is 87.9 cm³/mol. The summed E-state index contributed by atoms with van der Waals surface area (Å²) >= 11 is 0. The second-order valence-electron chi connectivity index (χ2n) is 5.81. The largest absolute Gasteiger partial charge is 0.339 e. The molecule has 1 aliphatic rings. The maximum atomic E-state index is 12.4. The standard InChI is InChI=1S/C17H25N3O2/c1-4-15-5-7-16(8-6-15)20(14(2)21)13-17(22)19-11-9-18(3)10-12-19/h5-8H,4,9-13H2,1-3H3. The first-order valence-corrected chi connectivity index (χ1v) is 7.84. The third kappa shape index (κ3) is 4.07. The fourth-order valence-corrected chi connectivity index (χ4v) is 2.59.